The van der Waals surface area contributed by atoms with Gasteiger partial charge in [-0.05, 0) is 65.4 Å². The van der Waals surface area contributed by atoms with Gasteiger partial charge in [0.1, 0.15) is 5.60 Å². The first kappa shape index (κ1) is 26.1. The molecule has 202 valence electrons. The van der Waals surface area contributed by atoms with Crippen LogP contribution in [0.4, 0.5) is 4.79 Å². The molecule has 2 aliphatic carbocycles. The monoisotopic (exact) mass is 508 g/mol. The number of piperazine rings is 1. The van der Waals surface area contributed by atoms with Gasteiger partial charge in [0.15, 0.2) is 0 Å². The molecule has 0 atom stereocenters. The Morgan fingerprint density at radius 1 is 0.865 bits per heavy atom. The van der Waals surface area contributed by atoms with Crippen LogP contribution in [0.5, 0.6) is 0 Å². The highest BCUT2D eigenvalue weighted by Gasteiger charge is 2.31. The number of para-hydroxylation sites is 1. The predicted molar refractivity (Wildman–Crippen MR) is 147 cm³/mol. The van der Waals surface area contributed by atoms with Crippen LogP contribution in [0.25, 0.3) is 10.9 Å². The van der Waals surface area contributed by atoms with Gasteiger partial charge in [0, 0.05) is 61.4 Å². The molecule has 1 aliphatic heterocycles. The third-order valence-electron chi connectivity index (χ3n) is 8.47. The summed E-state index contributed by atoms with van der Waals surface area (Å²) in [6, 6.07) is 9.50. The van der Waals surface area contributed by atoms with Gasteiger partial charge in [-0.3, -0.25) is 9.69 Å². The maximum atomic E-state index is 13.7. The van der Waals surface area contributed by atoms with Crippen molar-refractivity contribution in [2.45, 2.75) is 102 Å². The molecule has 1 N–H and O–H groups in total. The molecule has 2 heterocycles. The molecule has 2 saturated carbocycles. The van der Waals surface area contributed by atoms with Gasteiger partial charge in [0.05, 0.1) is 5.56 Å². The van der Waals surface area contributed by atoms with E-state index in [4.69, 9.17) is 4.74 Å². The first-order valence-electron chi connectivity index (χ1n) is 14.4. The molecule has 1 aromatic heterocycles. The van der Waals surface area contributed by atoms with E-state index in [0.29, 0.717) is 12.1 Å². The number of ether oxygens (including phenoxy) is 1. The van der Waals surface area contributed by atoms with Crippen LogP contribution in [0.3, 0.4) is 0 Å². The van der Waals surface area contributed by atoms with E-state index in [0.717, 1.165) is 68.3 Å². The van der Waals surface area contributed by atoms with Crippen LogP contribution in [0.1, 0.15) is 95.0 Å². The highest BCUT2D eigenvalue weighted by Crippen LogP contribution is 2.34. The number of carbonyl (C=O) groups is 2. The van der Waals surface area contributed by atoms with Crippen molar-refractivity contribution < 1.29 is 14.3 Å². The van der Waals surface area contributed by atoms with E-state index < -0.39 is 5.60 Å². The molecule has 5 rings (SSSR count). The lowest BCUT2D eigenvalue weighted by molar-refractivity contribution is 0.0486. The lowest BCUT2D eigenvalue weighted by Gasteiger charge is -2.40. The van der Waals surface area contributed by atoms with Crippen molar-refractivity contribution in [2.24, 2.45) is 0 Å². The fourth-order valence-electron chi connectivity index (χ4n) is 6.56. The Morgan fingerprint density at radius 2 is 1.54 bits per heavy atom. The van der Waals surface area contributed by atoms with E-state index >= 15 is 0 Å². The third kappa shape index (κ3) is 6.14. The summed E-state index contributed by atoms with van der Waals surface area (Å²) < 4.78 is 7.76. The number of rotatable bonds is 4. The van der Waals surface area contributed by atoms with Crippen molar-refractivity contribution in [1.29, 1.82) is 0 Å². The first-order chi connectivity index (χ1) is 17.8. The highest BCUT2D eigenvalue weighted by molar-refractivity contribution is 6.07. The van der Waals surface area contributed by atoms with E-state index in [2.05, 4.69) is 44.1 Å². The highest BCUT2D eigenvalue weighted by atomic mass is 16.6. The molecule has 0 bridgehead atoms. The zero-order valence-corrected chi connectivity index (χ0v) is 22.9. The van der Waals surface area contributed by atoms with Gasteiger partial charge in [-0.25, -0.2) is 4.79 Å². The summed E-state index contributed by atoms with van der Waals surface area (Å²) in [4.78, 5) is 30.6. The molecule has 0 unspecified atom stereocenters. The molecule has 1 aromatic carbocycles. The number of hydrogen-bond donors (Lipinski definition) is 1. The molecule has 37 heavy (non-hydrogen) atoms. The first-order valence-corrected chi connectivity index (χ1v) is 14.4. The number of fused-ring (bicyclic) bond motifs is 1. The molecule has 3 aliphatic rings. The molecule has 7 heteroatoms. The SMILES string of the molecule is CC(C)(C)OC(=O)N[C@H]1CC[C@H](n2cc(C(=O)N3CCN(C4CCCCC4)CC3)c3ccccc32)CC1. The molecule has 1 saturated heterocycles. The number of aromatic nitrogens is 1. The minimum absolute atomic E-state index is 0.134. The van der Waals surface area contributed by atoms with Crippen molar-refractivity contribution in [3.63, 3.8) is 0 Å². The van der Waals surface area contributed by atoms with Crippen molar-refractivity contribution in [2.75, 3.05) is 26.2 Å². The quantitative estimate of drug-likeness (QED) is 0.572. The zero-order valence-electron chi connectivity index (χ0n) is 22.9. The smallest absolute Gasteiger partial charge is 0.407 e. The maximum absolute atomic E-state index is 13.7. The molecule has 0 radical (unpaired) electrons. The minimum atomic E-state index is -0.489. The van der Waals surface area contributed by atoms with Crippen molar-refractivity contribution >= 4 is 22.9 Å². The Hall–Kier alpha value is -2.54. The molecule has 7 nitrogen and oxygen atoms in total. The fourth-order valence-corrected chi connectivity index (χ4v) is 6.56. The molecule has 2 amide bonds. The molecular weight excluding hydrogens is 464 g/mol. The van der Waals surface area contributed by atoms with Crippen LogP contribution >= 0.6 is 0 Å². The fraction of sp³-hybridized carbons (Fsp3) is 0.667. The summed E-state index contributed by atoms with van der Waals surface area (Å²) in [6.07, 6.45) is 12.2. The van der Waals surface area contributed by atoms with Gasteiger partial charge in [0.2, 0.25) is 0 Å². The number of nitrogens with one attached hydrogen (secondary N) is 1. The van der Waals surface area contributed by atoms with E-state index in [1.807, 2.05) is 26.8 Å². The zero-order chi connectivity index (χ0) is 26.0. The van der Waals surface area contributed by atoms with Gasteiger partial charge >= 0.3 is 6.09 Å². The van der Waals surface area contributed by atoms with Crippen LogP contribution in [0.2, 0.25) is 0 Å². The maximum Gasteiger partial charge on any atom is 0.407 e. The summed E-state index contributed by atoms with van der Waals surface area (Å²) >= 11 is 0. The van der Waals surface area contributed by atoms with Crippen LogP contribution in [-0.2, 0) is 4.74 Å². The van der Waals surface area contributed by atoms with Gasteiger partial charge in [0.25, 0.3) is 5.91 Å². The topological polar surface area (TPSA) is 66.8 Å². The van der Waals surface area contributed by atoms with Gasteiger partial charge in [-0.15, -0.1) is 0 Å². The van der Waals surface area contributed by atoms with Crippen molar-refractivity contribution in [3.05, 3.63) is 36.0 Å². The number of alkyl carbamates (subject to hydrolysis) is 1. The predicted octanol–water partition coefficient (Wildman–Crippen LogP) is 5.74. The standard InChI is InChI=1S/C30H44N4O3/c1-30(2,3)37-29(36)31-22-13-15-24(16-14-22)34-21-26(25-11-7-8-12-27(25)34)28(35)33-19-17-32(18-20-33)23-9-5-4-6-10-23/h7-8,11-12,21-24H,4-6,9-10,13-20H2,1-3H3,(H,31,36)/t22-,24-. The van der Waals surface area contributed by atoms with Gasteiger partial charge in [-0.2, -0.15) is 0 Å². The Bertz CT molecular complexity index is 1080. The molecule has 2 aromatic rings. The number of nitrogens with zero attached hydrogens (tertiary/aromatic N) is 3. The average molecular weight is 509 g/mol. The third-order valence-corrected chi connectivity index (χ3v) is 8.47. The Balaban J connectivity index is 1.23. The van der Waals surface area contributed by atoms with Crippen LogP contribution in [-0.4, -0.2) is 70.2 Å². The second-order valence-corrected chi connectivity index (χ2v) is 12.2. The normalized spacial score (nSPS) is 24.2. The van der Waals surface area contributed by atoms with E-state index in [1.165, 1.54) is 32.1 Å². The Labute approximate surface area is 221 Å². The number of carbonyl (C=O) groups excluding carboxylic acids is 2. The largest absolute Gasteiger partial charge is 0.444 e. The number of hydrogen-bond acceptors (Lipinski definition) is 4. The van der Waals surface area contributed by atoms with Crippen molar-refractivity contribution in [3.8, 4) is 0 Å². The van der Waals surface area contributed by atoms with E-state index in [9.17, 15) is 9.59 Å². The minimum Gasteiger partial charge on any atom is -0.444 e. The van der Waals surface area contributed by atoms with Gasteiger partial charge < -0.3 is 19.5 Å². The van der Waals surface area contributed by atoms with Gasteiger partial charge in [-0.1, -0.05) is 37.5 Å². The molecular formula is C30H44N4O3. The summed E-state index contributed by atoms with van der Waals surface area (Å²) in [5.74, 6) is 0.165. The number of amides is 2. The summed E-state index contributed by atoms with van der Waals surface area (Å²) in [6.45, 7) is 9.27. The Kier molecular flexibility index (Phi) is 7.80. The molecule has 0 spiro atoms. The van der Waals surface area contributed by atoms with Crippen molar-refractivity contribution in [1.82, 2.24) is 19.7 Å². The summed E-state index contributed by atoms with van der Waals surface area (Å²) in [7, 11) is 0. The lowest BCUT2D eigenvalue weighted by Crippen LogP contribution is -2.52. The van der Waals surface area contributed by atoms with E-state index in [-0.39, 0.29) is 18.0 Å². The second kappa shape index (κ2) is 11.1. The van der Waals surface area contributed by atoms with E-state index in [1.54, 1.807) is 0 Å². The molecule has 3 fully saturated rings. The van der Waals surface area contributed by atoms with Crippen LogP contribution in [0, 0.1) is 0 Å². The summed E-state index contributed by atoms with van der Waals surface area (Å²) in [5, 5.41) is 4.10. The van der Waals surface area contributed by atoms with Crippen LogP contribution < -0.4 is 5.32 Å². The number of benzene rings is 1. The lowest BCUT2D eigenvalue weighted by atomic mass is 9.91. The van der Waals surface area contributed by atoms with Crippen LogP contribution in [0.15, 0.2) is 30.5 Å². The Morgan fingerprint density at radius 3 is 2.22 bits per heavy atom. The summed E-state index contributed by atoms with van der Waals surface area (Å²) in [5.41, 5.74) is 1.47. The second-order valence-electron chi connectivity index (χ2n) is 12.2. The average Bonchev–Trinajstić information content (AvgIpc) is 3.28.